The molecule has 8 heteroatoms. The van der Waals surface area contributed by atoms with E-state index < -0.39 is 17.8 Å². The number of hydrogen-bond donors (Lipinski definition) is 2. The lowest BCUT2D eigenvalue weighted by Crippen LogP contribution is -2.51. The Labute approximate surface area is 159 Å². The first-order chi connectivity index (χ1) is 13.0. The molecule has 0 bridgehead atoms. The standard InChI is InChI=1S/C19H12N2O5S/c1-2-8-25-18(24)12-5-3-4-11(9-12)15-7-6-13(26-15)10-14-16(22)20-19(27)21-17(14)23/h1,3-7,9-10H,8H2,(H2,20,21,22,23,27). The van der Waals surface area contributed by atoms with Gasteiger partial charge in [-0.1, -0.05) is 18.1 Å². The first kappa shape index (κ1) is 18.1. The summed E-state index contributed by atoms with van der Waals surface area (Å²) in [5.41, 5.74) is 0.809. The van der Waals surface area contributed by atoms with E-state index >= 15 is 0 Å². The number of rotatable bonds is 4. The number of carbonyl (C=O) groups is 3. The van der Waals surface area contributed by atoms with Crippen LogP contribution in [-0.4, -0.2) is 29.5 Å². The second-order valence-corrected chi connectivity index (χ2v) is 5.77. The fourth-order valence-corrected chi connectivity index (χ4v) is 2.51. The predicted molar refractivity (Wildman–Crippen MR) is 100 cm³/mol. The molecule has 134 valence electrons. The average molecular weight is 380 g/mol. The summed E-state index contributed by atoms with van der Waals surface area (Å²) in [6.45, 7) is -0.116. The van der Waals surface area contributed by atoms with E-state index in [0.717, 1.165) is 0 Å². The molecule has 27 heavy (non-hydrogen) atoms. The highest BCUT2D eigenvalue weighted by molar-refractivity contribution is 7.80. The minimum absolute atomic E-state index is 0.0455. The van der Waals surface area contributed by atoms with Crippen LogP contribution in [0, 0.1) is 12.3 Å². The number of nitrogens with one attached hydrogen (secondary N) is 2. The number of furan rings is 1. The van der Waals surface area contributed by atoms with Crippen LogP contribution in [0.3, 0.4) is 0 Å². The van der Waals surface area contributed by atoms with Gasteiger partial charge in [-0.3, -0.25) is 20.2 Å². The average Bonchev–Trinajstić information content (AvgIpc) is 3.11. The zero-order valence-electron chi connectivity index (χ0n) is 13.8. The van der Waals surface area contributed by atoms with Gasteiger partial charge in [-0.15, -0.1) is 6.42 Å². The lowest BCUT2D eigenvalue weighted by molar-refractivity contribution is -0.123. The number of amides is 2. The molecule has 0 spiro atoms. The summed E-state index contributed by atoms with van der Waals surface area (Å²) >= 11 is 4.74. The maximum atomic E-state index is 11.9. The van der Waals surface area contributed by atoms with Crippen molar-refractivity contribution in [2.24, 2.45) is 0 Å². The van der Waals surface area contributed by atoms with Crippen LogP contribution in [0.4, 0.5) is 0 Å². The van der Waals surface area contributed by atoms with Crippen LogP contribution < -0.4 is 10.6 Å². The highest BCUT2D eigenvalue weighted by Crippen LogP contribution is 2.25. The smallest absolute Gasteiger partial charge is 0.339 e. The van der Waals surface area contributed by atoms with Gasteiger partial charge in [-0.2, -0.15) is 0 Å². The number of ether oxygens (including phenoxy) is 1. The fourth-order valence-electron chi connectivity index (χ4n) is 2.32. The monoisotopic (exact) mass is 380 g/mol. The number of esters is 1. The van der Waals surface area contributed by atoms with Crippen molar-refractivity contribution in [3.8, 4) is 23.7 Å². The van der Waals surface area contributed by atoms with Crippen molar-refractivity contribution in [1.29, 1.82) is 0 Å². The molecule has 1 saturated heterocycles. The molecule has 1 aliphatic rings. The molecule has 2 N–H and O–H groups in total. The molecule has 1 aliphatic heterocycles. The summed E-state index contributed by atoms with van der Waals surface area (Å²) < 4.78 is 10.5. The van der Waals surface area contributed by atoms with Gasteiger partial charge >= 0.3 is 5.97 Å². The molecule has 1 aromatic carbocycles. The highest BCUT2D eigenvalue weighted by Gasteiger charge is 2.26. The van der Waals surface area contributed by atoms with Gasteiger partial charge in [-0.25, -0.2) is 4.79 Å². The summed E-state index contributed by atoms with van der Waals surface area (Å²) in [6.07, 6.45) is 6.38. The van der Waals surface area contributed by atoms with Crippen molar-refractivity contribution < 1.29 is 23.5 Å². The van der Waals surface area contributed by atoms with Gasteiger partial charge in [0, 0.05) is 5.56 Å². The molecule has 0 radical (unpaired) electrons. The number of terminal acetylenes is 1. The Morgan fingerprint density at radius 1 is 1.22 bits per heavy atom. The molecule has 1 fully saturated rings. The molecule has 0 atom stereocenters. The van der Waals surface area contributed by atoms with E-state index in [9.17, 15) is 14.4 Å². The molecule has 1 aromatic heterocycles. The zero-order chi connectivity index (χ0) is 19.4. The van der Waals surface area contributed by atoms with E-state index in [1.807, 2.05) is 0 Å². The Hall–Kier alpha value is -3.70. The van der Waals surface area contributed by atoms with Crippen molar-refractivity contribution in [3.63, 3.8) is 0 Å². The number of carbonyl (C=O) groups excluding carboxylic acids is 3. The van der Waals surface area contributed by atoms with Crippen molar-refractivity contribution in [1.82, 2.24) is 10.6 Å². The van der Waals surface area contributed by atoms with Gasteiger partial charge in [-0.05, 0) is 42.6 Å². The summed E-state index contributed by atoms with van der Waals surface area (Å²) in [5.74, 6) is 1.19. The Morgan fingerprint density at radius 2 is 1.96 bits per heavy atom. The molecule has 2 amide bonds. The first-order valence-electron chi connectivity index (χ1n) is 7.67. The summed E-state index contributed by atoms with van der Waals surface area (Å²) in [6, 6.07) is 9.85. The van der Waals surface area contributed by atoms with Crippen LogP contribution in [0.5, 0.6) is 0 Å². The van der Waals surface area contributed by atoms with E-state index in [4.69, 9.17) is 27.8 Å². The zero-order valence-corrected chi connectivity index (χ0v) is 14.6. The summed E-state index contributed by atoms with van der Waals surface area (Å²) in [7, 11) is 0. The van der Waals surface area contributed by atoms with Crippen molar-refractivity contribution in [2.75, 3.05) is 6.61 Å². The summed E-state index contributed by atoms with van der Waals surface area (Å²) in [4.78, 5) is 35.6. The third kappa shape index (κ3) is 4.11. The van der Waals surface area contributed by atoms with E-state index in [1.165, 1.54) is 6.08 Å². The van der Waals surface area contributed by atoms with Crippen LogP contribution in [0.1, 0.15) is 16.1 Å². The molecule has 0 saturated carbocycles. The van der Waals surface area contributed by atoms with Crippen LogP contribution in [0.2, 0.25) is 0 Å². The molecule has 2 aromatic rings. The largest absolute Gasteiger partial charge is 0.457 e. The molecule has 0 unspecified atom stereocenters. The Balaban J connectivity index is 1.84. The van der Waals surface area contributed by atoms with Crippen molar-refractivity contribution in [3.05, 3.63) is 53.3 Å². The van der Waals surface area contributed by atoms with E-state index in [0.29, 0.717) is 22.6 Å². The minimum Gasteiger partial charge on any atom is -0.457 e. The van der Waals surface area contributed by atoms with Crippen LogP contribution in [-0.2, 0) is 14.3 Å². The van der Waals surface area contributed by atoms with Gasteiger partial charge in [0.15, 0.2) is 11.7 Å². The molecule has 2 heterocycles. The fraction of sp³-hybridized carbons (Fsp3) is 0.0526. The Morgan fingerprint density at radius 3 is 2.67 bits per heavy atom. The molecule has 3 rings (SSSR count). The maximum Gasteiger partial charge on any atom is 0.339 e. The Kier molecular flexibility index (Phi) is 5.15. The maximum absolute atomic E-state index is 11.9. The normalized spacial score (nSPS) is 13.4. The van der Waals surface area contributed by atoms with Crippen LogP contribution in [0.25, 0.3) is 17.4 Å². The lowest BCUT2D eigenvalue weighted by atomic mass is 10.1. The SMILES string of the molecule is C#CCOC(=O)c1cccc(-c2ccc(C=C3C(=O)NC(=S)NC3=O)o2)c1. The molecular formula is C19H12N2O5S. The van der Waals surface area contributed by atoms with Crippen molar-refractivity contribution >= 4 is 41.2 Å². The Bertz CT molecular complexity index is 1010. The predicted octanol–water partition coefficient (Wildman–Crippen LogP) is 1.65. The summed E-state index contributed by atoms with van der Waals surface area (Å²) in [5, 5.41) is 4.64. The van der Waals surface area contributed by atoms with E-state index in [2.05, 4.69) is 16.6 Å². The second-order valence-electron chi connectivity index (χ2n) is 5.36. The number of thiocarbonyl (C=S) groups is 1. The third-order valence-electron chi connectivity index (χ3n) is 3.53. The van der Waals surface area contributed by atoms with E-state index in [-0.39, 0.29) is 17.3 Å². The molecular weight excluding hydrogens is 368 g/mol. The quantitative estimate of drug-likeness (QED) is 0.275. The van der Waals surface area contributed by atoms with Gasteiger partial charge < -0.3 is 9.15 Å². The minimum atomic E-state index is -0.611. The topological polar surface area (TPSA) is 97.6 Å². The van der Waals surface area contributed by atoms with Crippen LogP contribution >= 0.6 is 12.2 Å². The molecule has 0 aliphatic carbocycles. The van der Waals surface area contributed by atoms with E-state index in [1.54, 1.807) is 36.4 Å². The van der Waals surface area contributed by atoms with Crippen LogP contribution in [0.15, 0.2) is 46.4 Å². The first-order valence-corrected chi connectivity index (χ1v) is 8.08. The molecule has 7 nitrogen and oxygen atoms in total. The van der Waals surface area contributed by atoms with Crippen molar-refractivity contribution in [2.45, 2.75) is 0 Å². The number of hydrogen-bond acceptors (Lipinski definition) is 6. The lowest BCUT2D eigenvalue weighted by Gasteiger charge is -2.15. The van der Waals surface area contributed by atoms with Gasteiger partial charge in [0.2, 0.25) is 0 Å². The van der Waals surface area contributed by atoms with Gasteiger partial charge in [0.1, 0.15) is 17.1 Å². The number of benzene rings is 1. The second kappa shape index (κ2) is 7.68. The highest BCUT2D eigenvalue weighted by atomic mass is 32.1. The third-order valence-corrected chi connectivity index (χ3v) is 3.73. The van der Waals surface area contributed by atoms with Gasteiger partial charge in [0.25, 0.3) is 11.8 Å². The van der Waals surface area contributed by atoms with Gasteiger partial charge in [0.05, 0.1) is 5.56 Å².